The molecule has 1 aromatic heterocycles. The van der Waals surface area contributed by atoms with Crippen molar-refractivity contribution in [3.8, 4) is 0 Å². The maximum atomic E-state index is 11.3. The molecule has 1 heterocycles. The zero-order valence-electron chi connectivity index (χ0n) is 12.4. The summed E-state index contributed by atoms with van der Waals surface area (Å²) < 4.78 is 0.629. The zero-order chi connectivity index (χ0) is 15.3. The molecule has 0 bridgehead atoms. The largest absolute Gasteiger partial charge is 0.314 e. The van der Waals surface area contributed by atoms with E-state index in [-0.39, 0.29) is 28.5 Å². The standard InChI is InChI=1S/C14H22BrN3O2/c1-5-6-16-10(4)13(9(2)3)14-12(18(19)20)7-11(15)8-17-14/h7-10,13,16H,5-6H2,1-4H3. The summed E-state index contributed by atoms with van der Waals surface area (Å²) >= 11 is 3.25. The second kappa shape index (κ2) is 7.69. The number of nitrogens with zero attached hydrogens (tertiary/aromatic N) is 2. The van der Waals surface area contributed by atoms with Gasteiger partial charge in [0.25, 0.3) is 5.69 Å². The fraction of sp³-hybridized carbons (Fsp3) is 0.643. The van der Waals surface area contributed by atoms with Crippen LogP contribution in [0, 0.1) is 16.0 Å². The smallest absolute Gasteiger partial charge is 0.292 e. The van der Waals surface area contributed by atoms with Crippen molar-refractivity contribution in [3.63, 3.8) is 0 Å². The minimum atomic E-state index is -0.352. The quantitative estimate of drug-likeness (QED) is 0.602. The molecule has 5 nitrogen and oxygen atoms in total. The molecule has 0 saturated heterocycles. The third-order valence-electron chi connectivity index (χ3n) is 3.35. The molecule has 1 aromatic rings. The Morgan fingerprint density at radius 1 is 1.45 bits per heavy atom. The summed E-state index contributed by atoms with van der Waals surface area (Å²) in [5.74, 6) is 0.275. The summed E-state index contributed by atoms with van der Waals surface area (Å²) in [7, 11) is 0. The third-order valence-corrected chi connectivity index (χ3v) is 3.78. The van der Waals surface area contributed by atoms with E-state index in [1.807, 2.05) is 0 Å². The summed E-state index contributed by atoms with van der Waals surface area (Å²) in [6, 6.07) is 1.67. The Hall–Kier alpha value is -1.01. The Balaban J connectivity index is 3.18. The van der Waals surface area contributed by atoms with E-state index in [0.717, 1.165) is 13.0 Å². The van der Waals surface area contributed by atoms with Gasteiger partial charge in [0.1, 0.15) is 5.69 Å². The van der Waals surface area contributed by atoms with E-state index in [0.29, 0.717) is 10.2 Å². The number of aromatic nitrogens is 1. The van der Waals surface area contributed by atoms with Crippen LogP contribution in [0.2, 0.25) is 0 Å². The van der Waals surface area contributed by atoms with E-state index < -0.39 is 0 Å². The first-order valence-corrected chi connectivity index (χ1v) is 7.71. The predicted molar refractivity (Wildman–Crippen MR) is 83.9 cm³/mol. The molecule has 0 aliphatic heterocycles. The monoisotopic (exact) mass is 343 g/mol. The second-order valence-corrected chi connectivity index (χ2v) is 6.24. The van der Waals surface area contributed by atoms with E-state index in [4.69, 9.17) is 0 Å². The van der Waals surface area contributed by atoms with Gasteiger partial charge in [-0.15, -0.1) is 0 Å². The molecule has 0 aliphatic rings. The number of nitro groups is 1. The molecule has 0 saturated carbocycles. The van der Waals surface area contributed by atoms with Crippen molar-refractivity contribution in [1.29, 1.82) is 0 Å². The van der Waals surface area contributed by atoms with Gasteiger partial charge in [0.2, 0.25) is 0 Å². The van der Waals surface area contributed by atoms with Crippen molar-refractivity contribution in [1.82, 2.24) is 10.3 Å². The first kappa shape index (κ1) is 17.0. The average molecular weight is 344 g/mol. The molecule has 2 unspecified atom stereocenters. The van der Waals surface area contributed by atoms with Gasteiger partial charge in [0.15, 0.2) is 0 Å². The fourth-order valence-corrected chi connectivity index (χ4v) is 2.79. The maximum Gasteiger partial charge on any atom is 0.292 e. The first-order valence-electron chi connectivity index (χ1n) is 6.91. The molecule has 2 atom stereocenters. The summed E-state index contributed by atoms with van der Waals surface area (Å²) in [5, 5.41) is 14.7. The highest BCUT2D eigenvalue weighted by Crippen LogP contribution is 2.34. The highest BCUT2D eigenvalue weighted by Gasteiger charge is 2.30. The first-order chi connectivity index (χ1) is 9.38. The van der Waals surface area contributed by atoms with E-state index >= 15 is 0 Å². The molecule has 6 heteroatoms. The van der Waals surface area contributed by atoms with Gasteiger partial charge in [-0.2, -0.15) is 0 Å². The average Bonchev–Trinajstić information content (AvgIpc) is 2.37. The minimum absolute atomic E-state index is 0.00931. The van der Waals surface area contributed by atoms with Gasteiger partial charge < -0.3 is 5.32 Å². The normalized spacial score (nSPS) is 14.3. The van der Waals surface area contributed by atoms with Crippen LogP contribution in [0.5, 0.6) is 0 Å². The molecule has 0 fully saturated rings. The Morgan fingerprint density at radius 2 is 2.10 bits per heavy atom. The summed E-state index contributed by atoms with van der Waals surface area (Å²) in [6.07, 6.45) is 2.66. The highest BCUT2D eigenvalue weighted by molar-refractivity contribution is 9.10. The van der Waals surface area contributed by atoms with Crippen LogP contribution >= 0.6 is 15.9 Å². The second-order valence-electron chi connectivity index (χ2n) is 5.33. The molecule has 0 aromatic carbocycles. The minimum Gasteiger partial charge on any atom is -0.314 e. The number of pyridine rings is 1. The summed E-state index contributed by atoms with van der Waals surface area (Å²) in [6.45, 7) is 9.21. The van der Waals surface area contributed by atoms with Crippen LogP contribution in [0.1, 0.15) is 45.7 Å². The lowest BCUT2D eigenvalue weighted by Gasteiger charge is -2.27. The molecule has 1 rings (SSSR count). The number of hydrogen-bond acceptors (Lipinski definition) is 4. The van der Waals surface area contributed by atoms with Gasteiger partial charge in [0, 0.05) is 28.7 Å². The van der Waals surface area contributed by atoms with Crippen molar-refractivity contribution >= 4 is 21.6 Å². The lowest BCUT2D eigenvalue weighted by atomic mass is 9.85. The lowest BCUT2D eigenvalue weighted by Crippen LogP contribution is -2.36. The van der Waals surface area contributed by atoms with E-state index in [1.54, 1.807) is 6.20 Å². The SMILES string of the molecule is CCCNC(C)C(c1ncc(Br)cc1[N+](=O)[O-])C(C)C. The van der Waals surface area contributed by atoms with E-state index in [2.05, 4.69) is 53.9 Å². The van der Waals surface area contributed by atoms with Gasteiger partial charge in [-0.3, -0.25) is 15.1 Å². The van der Waals surface area contributed by atoms with Gasteiger partial charge in [0.05, 0.1) is 4.92 Å². The third kappa shape index (κ3) is 4.24. The van der Waals surface area contributed by atoms with Crippen LogP contribution < -0.4 is 5.32 Å². The highest BCUT2D eigenvalue weighted by atomic mass is 79.9. The molecule has 112 valence electrons. The molecular weight excluding hydrogens is 322 g/mol. The summed E-state index contributed by atoms with van der Waals surface area (Å²) in [5.41, 5.74) is 0.646. The molecule has 0 aliphatic carbocycles. The van der Waals surface area contributed by atoms with Crippen LogP contribution in [0.25, 0.3) is 0 Å². The van der Waals surface area contributed by atoms with Crippen molar-refractivity contribution in [2.75, 3.05) is 6.54 Å². The number of nitrogens with one attached hydrogen (secondary N) is 1. The van der Waals surface area contributed by atoms with Crippen LogP contribution in [0.4, 0.5) is 5.69 Å². The van der Waals surface area contributed by atoms with Crippen molar-refractivity contribution in [2.45, 2.75) is 46.1 Å². The Kier molecular flexibility index (Phi) is 6.55. The summed E-state index contributed by atoms with van der Waals surface area (Å²) in [4.78, 5) is 15.2. The van der Waals surface area contributed by atoms with Crippen molar-refractivity contribution in [3.05, 3.63) is 32.5 Å². The molecule has 0 spiro atoms. The molecule has 1 N–H and O–H groups in total. The molecular formula is C14H22BrN3O2. The van der Waals surface area contributed by atoms with Gasteiger partial charge in [-0.05, 0) is 41.7 Å². The van der Waals surface area contributed by atoms with Gasteiger partial charge >= 0.3 is 0 Å². The van der Waals surface area contributed by atoms with E-state index in [1.165, 1.54) is 6.07 Å². The molecule has 20 heavy (non-hydrogen) atoms. The number of halogens is 1. The van der Waals surface area contributed by atoms with Crippen LogP contribution in [-0.4, -0.2) is 22.5 Å². The van der Waals surface area contributed by atoms with Crippen molar-refractivity contribution in [2.24, 2.45) is 5.92 Å². The van der Waals surface area contributed by atoms with Gasteiger partial charge in [-0.1, -0.05) is 20.8 Å². The van der Waals surface area contributed by atoms with Crippen LogP contribution in [0.3, 0.4) is 0 Å². The van der Waals surface area contributed by atoms with Crippen LogP contribution in [0.15, 0.2) is 16.7 Å². The number of rotatable bonds is 7. The fourth-order valence-electron chi connectivity index (χ4n) is 2.47. The van der Waals surface area contributed by atoms with Gasteiger partial charge in [-0.25, -0.2) is 0 Å². The molecule has 0 amide bonds. The number of hydrogen-bond donors (Lipinski definition) is 1. The Labute approximate surface area is 128 Å². The van der Waals surface area contributed by atoms with E-state index in [9.17, 15) is 10.1 Å². The van der Waals surface area contributed by atoms with Crippen LogP contribution in [-0.2, 0) is 0 Å². The Morgan fingerprint density at radius 3 is 2.60 bits per heavy atom. The van der Waals surface area contributed by atoms with Crippen molar-refractivity contribution < 1.29 is 4.92 Å². The molecule has 0 radical (unpaired) electrons. The topological polar surface area (TPSA) is 68.1 Å². The lowest BCUT2D eigenvalue weighted by molar-refractivity contribution is -0.386. The predicted octanol–water partition coefficient (Wildman–Crippen LogP) is 3.88. The Bertz CT molecular complexity index is 466. The maximum absolute atomic E-state index is 11.3. The zero-order valence-corrected chi connectivity index (χ0v) is 14.0.